The third-order valence-electron chi connectivity index (χ3n) is 3.60. The van der Waals surface area contributed by atoms with E-state index >= 15 is 0 Å². The van der Waals surface area contributed by atoms with Crippen molar-refractivity contribution in [2.75, 3.05) is 17.3 Å². The second kappa shape index (κ2) is 6.32. The van der Waals surface area contributed by atoms with E-state index in [1.165, 1.54) is 19.3 Å². The second-order valence-corrected chi connectivity index (χ2v) is 5.06. The van der Waals surface area contributed by atoms with E-state index in [0.717, 1.165) is 36.7 Å². The van der Waals surface area contributed by atoms with Crippen molar-refractivity contribution < 1.29 is 0 Å². The van der Waals surface area contributed by atoms with Crippen molar-refractivity contribution in [2.24, 2.45) is 0 Å². The molecule has 1 saturated carbocycles. The molecule has 0 amide bonds. The maximum Gasteiger partial charge on any atom is 0.245 e. The van der Waals surface area contributed by atoms with Gasteiger partial charge in [0.2, 0.25) is 5.95 Å². The zero-order valence-electron chi connectivity index (χ0n) is 11.2. The zero-order valence-corrected chi connectivity index (χ0v) is 11.9. The van der Waals surface area contributed by atoms with E-state index in [-0.39, 0.29) is 0 Å². The Bertz CT molecular complexity index is 393. The molecule has 1 heterocycles. The highest BCUT2D eigenvalue weighted by molar-refractivity contribution is 6.18. The minimum Gasteiger partial charge on any atom is -0.335 e. The highest BCUT2D eigenvalue weighted by atomic mass is 35.5. The molecule has 1 aromatic heterocycles. The molecule has 18 heavy (non-hydrogen) atoms. The van der Waals surface area contributed by atoms with Crippen LogP contribution in [0.15, 0.2) is 0 Å². The Kier molecular flexibility index (Phi) is 4.75. The van der Waals surface area contributed by atoms with Crippen LogP contribution >= 0.6 is 11.6 Å². The summed E-state index contributed by atoms with van der Waals surface area (Å²) < 4.78 is 0. The molecular weight excluding hydrogens is 248 g/mol. The van der Waals surface area contributed by atoms with Gasteiger partial charge in [-0.05, 0) is 32.1 Å². The van der Waals surface area contributed by atoms with Crippen LogP contribution in [0.3, 0.4) is 0 Å². The van der Waals surface area contributed by atoms with Gasteiger partial charge in [0.25, 0.3) is 0 Å². The molecule has 0 aliphatic heterocycles. The average molecular weight is 269 g/mol. The van der Waals surface area contributed by atoms with Crippen LogP contribution in [0.4, 0.5) is 5.95 Å². The van der Waals surface area contributed by atoms with E-state index < -0.39 is 0 Å². The number of hydrogen-bond acceptors (Lipinski definition) is 4. The summed E-state index contributed by atoms with van der Waals surface area (Å²) in [6.45, 7) is 5.01. The minimum absolute atomic E-state index is 0.558. The number of aryl methyl sites for hydroxylation is 2. The Hall–Kier alpha value is -0.900. The summed E-state index contributed by atoms with van der Waals surface area (Å²) >= 11 is 5.89. The molecule has 0 bridgehead atoms. The standard InChI is InChI=1S/C13H21ClN4/c1-3-11-12(4-2)16-17-13(15-11)18(9-8-14)10-6-5-7-10/h10H,3-9H2,1-2H3. The lowest BCUT2D eigenvalue weighted by atomic mass is 9.92. The minimum atomic E-state index is 0.558. The van der Waals surface area contributed by atoms with Crippen molar-refractivity contribution in [1.82, 2.24) is 15.2 Å². The molecule has 1 aliphatic rings. The summed E-state index contributed by atoms with van der Waals surface area (Å²) in [5.74, 6) is 1.37. The Morgan fingerprint density at radius 2 is 1.89 bits per heavy atom. The molecule has 0 aromatic carbocycles. The second-order valence-electron chi connectivity index (χ2n) is 4.68. The molecule has 0 unspecified atom stereocenters. The molecule has 5 heteroatoms. The van der Waals surface area contributed by atoms with E-state index in [0.29, 0.717) is 11.9 Å². The Morgan fingerprint density at radius 1 is 1.17 bits per heavy atom. The molecule has 0 N–H and O–H groups in total. The topological polar surface area (TPSA) is 41.9 Å². The van der Waals surface area contributed by atoms with E-state index in [2.05, 4.69) is 33.9 Å². The van der Waals surface area contributed by atoms with Gasteiger partial charge in [-0.1, -0.05) is 13.8 Å². The van der Waals surface area contributed by atoms with Gasteiger partial charge in [-0.2, -0.15) is 5.10 Å². The van der Waals surface area contributed by atoms with E-state index in [1.54, 1.807) is 0 Å². The van der Waals surface area contributed by atoms with E-state index in [4.69, 9.17) is 11.6 Å². The normalized spacial score (nSPS) is 15.5. The third kappa shape index (κ3) is 2.74. The first kappa shape index (κ1) is 13.5. The molecule has 4 nitrogen and oxygen atoms in total. The highest BCUT2D eigenvalue weighted by Gasteiger charge is 2.27. The highest BCUT2D eigenvalue weighted by Crippen LogP contribution is 2.27. The van der Waals surface area contributed by atoms with Gasteiger partial charge in [0.1, 0.15) is 0 Å². The number of halogens is 1. The summed E-state index contributed by atoms with van der Waals surface area (Å²) in [5.41, 5.74) is 2.09. The zero-order chi connectivity index (χ0) is 13.0. The molecule has 100 valence electrons. The lowest BCUT2D eigenvalue weighted by Gasteiger charge is -2.37. The van der Waals surface area contributed by atoms with Gasteiger partial charge in [0, 0.05) is 18.5 Å². The van der Waals surface area contributed by atoms with E-state index in [9.17, 15) is 0 Å². The number of hydrogen-bond donors (Lipinski definition) is 0. The van der Waals surface area contributed by atoms with Crippen LogP contribution in [0, 0.1) is 0 Å². The van der Waals surface area contributed by atoms with Crippen LogP contribution in [0.1, 0.15) is 44.5 Å². The molecule has 0 atom stereocenters. The summed E-state index contributed by atoms with van der Waals surface area (Å²) in [6.07, 6.45) is 5.53. The van der Waals surface area contributed by atoms with Crippen molar-refractivity contribution in [3.63, 3.8) is 0 Å². The van der Waals surface area contributed by atoms with Gasteiger partial charge in [-0.15, -0.1) is 16.7 Å². The third-order valence-corrected chi connectivity index (χ3v) is 3.76. The largest absolute Gasteiger partial charge is 0.335 e. The predicted octanol–water partition coefficient (Wildman–Crippen LogP) is 2.59. The SMILES string of the molecule is CCc1nnc(N(CCCl)C2CCC2)nc1CC. The molecule has 0 saturated heterocycles. The van der Waals surface area contributed by atoms with Crippen LogP contribution in [0.5, 0.6) is 0 Å². The molecule has 2 rings (SSSR count). The van der Waals surface area contributed by atoms with Gasteiger partial charge in [0.05, 0.1) is 11.4 Å². The predicted molar refractivity (Wildman–Crippen MR) is 74.3 cm³/mol. The molecule has 1 aliphatic carbocycles. The number of alkyl halides is 1. The Morgan fingerprint density at radius 3 is 2.39 bits per heavy atom. The van der Waals surface area contributed by atoms with Gasteiger partial charge >= 0.3 is 0 Å². The quantitative estimate of drug-likeness (QED) is 0.744. The molecule has 0 spiro atoms. The van der Waals surface area contributed by atoms with Gasteiger partial charge in [-0.25, -0.2) is 4.98 Å². The first-order valence-corrected chi connectivity index (χ1v) is 7.38. The first-order chi connectivity index (χ1) is 8.80. The van der Waals surface area contributed by atoms with Crippen molar-refractivity contribution in [1.29, 1.82) is 0 Å². The summed E-state index contributed by atoms with van der Waals surface area (Å²) in [7, 11) is 0. The van der Waals surface area contributed by atoms with Crippen LogP contribution in [-0.4, -0.2) is 33.6 Å². The molecule has 0 radical (unpaired) electrons. The lowest BCUT2D eigenvalue weighted by Crippen LogP contribution is -2.42. The van der Waals surface area contributed by atoms with Crippen LogP contribution < -0.4 is 4.90 Å². The van der Waals surface area contributed by atoms with Crippen molar-refractivity contribution in [3.05, 3.63) is 11.4 Å². The molecule has 1 fully saturated rings. The van der Waals surface area contributed by atoms with Gasteiger partial charge < -0.3 is 4.90 Å². The van der Waals surface area contributed by atoms with Crippen LogP contribution in [0.25, 0.3) is 0 Å². The fourth-order valence-corrected chi connectivity index (χ4v) is 2.47. The Balaban J connectivity index is 2.23. The Labute approximate surface area is 114 Å². The summed E-state index contributed by atoms with van der Waals surface area (Å²) in [6, 6.07) is 0.558. The molecular formula is C13H21ClN4. The fourth-order valence-electron chi connectivity index (χ4n) is 2.29. The maximum absolute atomic E-state index is 5.89. The van der Waals surface area contributed by atoms with E-state index in [1.807, 2.05) is 0 Å². The summed E-state index contributed by atoms with van der Waals surface area (Å²) in [4.78, 5) is 6.90. The number of aromatic nitrogens is 3. The van der Waals surface area contributed by atoms with Gasteiger partial charge in [0.15, 0.2) is 0 Å². The average Bonchev–Trinajstić information content (AvgIpc) is 2.35. The van der Waals surface area contributed by atoms with Gasteiger partial charge in [-0.3, -0.25) is 0 Å². The summed E-state index contributed by atoms with van der Waals surface area (Å²) in [5, 5.41) is 8.60. The number of anilines is 1. The first-order valence-electron chi connectivity index (χ1n) is 6.85. The van der Waals surface area contributed by atoms with Crippen molar-refractivity contribution in [3.8, 4) is 0 Å². The van der Waals surface area contributed by atoms with Crippen LogP contribution in [-0.2, 0) is 12.8 Å². The monoisotopic (exact) mass is 268 g/mol. The number of rotatable bonds is 6. The van der Waals surface area contributed by atoms with Crippen LogP contribution in [0.2, 0.25) is 0 Å². The maximum atomic E-state index is 5.89. The van der Waals surface area contributed by atoms with Crippen molar-refractivity contribution >= 4 is 17.5 Å². The smallest absolute Gasteiger partial charge is 0.245 e. The van der Waals surface area contributed by atoms with Crippen molar-refractivity contribution in [2.45, 2.75) is 52.0 Å². The lowest BCUT2D eigenvalue weighted by molar-refractivity contribution is 0.385. The number of nitrogens with zero attached hydrogens (tertiary/aromatic N) is 4. The fraction of sp³-hybridized carbons (Fsp3) is 0.769. The molecule has 1 aromatic rings.